The second kappa shape index (κ2) is 7.07. The lowest BCUT2D eigenvalue weighted by molar-refractivity contribution is -0.132. The lowest BCUT2D eigenvalue weighted by atomic mass is 10.1. The maximum Gasteiger partial charge on any atom is 0.222 e. The van der Waals surface area contributed by atoms with Crippen LogP contribution in [-0.4, -0.2) is 46.4 Å². The van der Waals surface area contributed by atoms with Crippen molar-refractivity contribution in [1.29, 1.82) is 0 Å². The number of hydrogen-bond donors (Lipinski definition) is 0. The van der Waals surface area contributed by atoms with E-state index in [2.05, 4.69) is 18.9 Å². The molecule has 118 valence electrons. The average molecular weight is 293 g/mol. The van der Waals surface area contributed by atoms with E-state index in [1.54, 1.807) is 0 Å². The third-order valence-corrected chi connectivity index (χ3v) is 4.35. The van der Waals surface area contributed by atoms with Gasteiger partial charge in [-0.3, -0.25) is 9.48 Å². The maximum atomic E-state index is 12.5. The molecule has 2 heterocycles. The van der Waals surface area contributed by atoms with Gasteiger partial charge in [-0.25, -0.2) is 0 Å². The summed E-state index contributed by atoms with van der Waals surface area (Å²) in [4.78, 5) is 14.4. The zero-order valence-electron chi connectivity index (χ0n) is 13.6. The molecule has 0 aliphatic carbocycles. The maximum absolute atomic E-state index is 12.5. The van der Waals surface area contributed by atoms with Crippen molar-refractivity contribution in [2.24, 2.45) is 13.0 Å². The van der Waals surface area contributed by atoms with Crippen molar-refractivity contribution in [2.75, 3.05) is 19.7 Å². The van der Waals surface area contributed by atoms with E-state index >= 15 is 0 Å². The van der Waals surface area contributed by atoms with E-state index in [0.29, 0.717) is 12.3 Å². The second-order valence-electron chi connectivity index (χ2n) is 6.23. The molecule has 0 radical (unpaired) electrons. The molecule has 0 saturated carbocycles. The van der Waals surface area contributed by atoms with Crippen LogP contribution >= 0.6 is 0 Å². The van der Waals surface area contributed by atoms with E-state index in [-0.39, 0.29) is 12.0 Å². The summed E-state index contributed by atoms with van der Waals surface area (Å²) in [6, 6.07) is 0. The normalized spacial score (nSPS) is 19.9. The van der Waals surface area contributed by atoms with Gasteiger partial charge in [0, 0.05) is 38.9 Å². The first kappa shape index (κ1) is 16.0. The van der Waals surface area contributed by atoms with E-state index in [0.717, 1.165) is 43.8 Å². The number of hydrogen-bond acceptors (Lipinski definition) is 3. The summed E-state index contributed by atoms with van der Waals surface area (Å²) in [6.07, 6.45) is 4.28. The lowest BCUT2D eigenvalue weighted by Gasteiger charge is -2.26. The SMILES string of the molecule is Cc1c(CCC(=O)N2CCCO[C@H](C(C)C)C2)cnn1C. The number of nitrogens with zero attached hydrogens (tertiary/aromatic N) is 3. The molecule has 1 aliphatic rings. The van der Waals surface area contributed by atoms with Crippen molar-refractivity contribution >= 4 is 5.91 Å². The second-order valence-corrected chi connectivity index (χ2v) is 6.23. The minimum atomic E-state index is 0.163. The molecule has 0 N–H and O–H groups in total. The Kier molecular flexibility index (Phi) is 5.39. The Bertz CT molecular complexity index is 482. The molecule has 1 atom stereocenters. The molecule has 2 rings (SSSR count). The summed E-state index contributed by atoms with van der Waals surface area (Å²) in [5.74, 6) is 0.674. The van der Waals surface area contributed by atoms with Gasteiger partial charge in [0.05, 0.1) is 12.3 Å². The van der Waals surface area contributed by atoms with Gasteiger partial charge in [0.2, 0.25) is 5.91 Å². The first-order valence-corrected chi connectivity index (χ1v) is 7.86. The van der Waals surface area contributed by atoms with E-state index < -0.39 is 0 Å². The third-order valence-electron chi connectivity index (χ3n) is 4.35. The molecule has 1 aliphatic heterocycles. The van der Waals surface area contributed by atoms with Gasteiger partial charge in [0.15, 0.2) is 0 Å². The van der Waals surface area contributed by atoms with Crippen molar-refractivity contribution in [3.05, 3.63) is 17.5 Å². The molecular weight excluding hydrogens is 266 g/mol. The first-order chi connectivity index (χ1) is 9.99. The Morgan fingerprint density at radius 2 is 2.29 bits per heavy atom. The molecule has 0 spiro atoms. The van der Waals surface area contributed by atoms with E-state index in [4.69, 9.17) is 4.74 Å². The molecule has 1 saturated heterocycles. The number of aromatic nitrogens is 2. The highest BCUT2D eigenvalue weighted by atomic mass is 16.5. The Morgan fingerprint density at radius 3 is 2.90 bits per heavy atom. The molecule has 0 unspecified atom stereocenters. The summed E-state index contributed by atoms with van der Waals surface area (Å²) in [7, 11) is 1.93. The number of aryl methyl sites for hydroxylation is 2. The van der Waals surface area contributed by atoms with Crippen LogP contribution in [0.4, 0.5) is 0 Å². The fraction of sp³-hybridized carbons (Fsp3) is 0.750. The van der Waals surface area contributed by atoms with Crippen LogP contribution in [-0.2, 0) is 23.0 Å². The van der Waals surface area contributed by atoms with Crippen LogP contribution in [0.5, 0.6) is 0 Å². The molecule has 1 amide bonds. The molecule has 5 heteroatoms. The van der Waals surface area contributed by atoms with Crippen LogP contribution in [0.15, 0.2) is 6.20 Å². The minimum absolute atomic E-state index is 0.163. The topological polar surface area (TPSA) is 47.4 Å². The fourth-order valence-corrected chi connectivity index (χ4v) is 2.67. The number of carbonyl (C=O) groups excluding carboxylic acids is 1. The number of carbonyl (C=O) groups is 1. The quantitative estimate of drug-likeness (QED) is 0.852. The van der Waals surface area contributed by atoms with E-state index in [1.807, 2.05) is 29.7 Å². The number of rotatable bonds is 4. The van der Waals surface area contributed by atoms with Gasteiger partial charge in [-0.15, -0.1) is 0 Å². The predicted molar refractivity (Wildman–Crippen MR) is 82.0 cm³/mol. The Labute approximate surface area is 127 Å². The monoisotopic (exact) mass is 293 g/mol. The van der Waals surface area contributed by atoms with E-state index in [1.165, 1.54) is 0 Å². The average Bonchev–Trinajstić information content (AvgIpc) is 2.69. The molecule has 5 nitrogen and oxygen atoms in total. The molecular formula is C16H27N3O2. The highest BCUT2D eigenvalue weighted by Gasteiger charge is 2.24. The van der Waals surface area contributed by atoms with Gasteiger partial charge in [0.1, 0.15) is 0 Å². The molecule has 1 fully saturated rings. The molecule has 21 heavy (non-hydrogen) atoms. The van der Waals surface area contributed by atoms with Gasteiger partial charge in [-0.2, -0.15) is 5.10 Å². The lowest BCUT2D eigenvalue weighted by Crippen LogP contribution is -2.38. The van der Waals surface area contributed by atoms with Crippen LogP contribution < -0.4 is 0 Å². The summed E-state index contributed by atoms with van der Waals surface area (Å²) in [5.41, 5.74) is 2.30. The van der Waals surface area contributed by atoms with Gasteiger partial charge in [-0.1, -0.05) is 13.8 Å². The number of ether oxygens (including phenoxy) is 1. The summed E-state index contributed by atoms with van der Waals surface area (Å²) in [6.45, 7) is 8.64. The van der Waals surface area contributed by atoms with Crippen molar-refractivity contribution in [1.82, 2.24) is 14.7 Å². The fourth-order valence-electron chi connectivity index (χ4n) is 2.67. The Morgan fingerprint density at radius 1 is 1.52 bits per heavy atom. The van der Waals surface area contributed by atoms with Crippen LogP contribution in [0.2, 0.25) is 0 Å². The van der Waals surface area contributed by atoms with Crippen LogP contribution in [0.1, 0.15) is 37.9 Å². The smallest absolute Gasteiger partial charge is 0.222 e. The summed E-state index contributed by atoms with van der Waals surface area (Å²) >= 11 is 0. The van der Waals surface area contributed by atoms with E-state index in [9.17, 15) is 4.79 Å². The summed E-state index contributed by atoms with van der Waals surface area (Å²) in [5, 5.41) is 4.23. The van der Waals surface area contributed by atoms with Crippen molar-refractivity contribution in [3.63, 3.8) is 0 Å². The zero-order chi connectivity index (χ0) is 15.4. The third kappa shape index (κ3) is 4.06. The predicted octanol–water partition coefficient (Wildman–Crippen LogP) is 1.93. The largest absolute Gasteiger partial charge is 0.376 e. The molecule has 0 bridgehead atoms. The Balaban J connectivity index is 1.91. The van der Waals surface area contributed by atoms with Crippen molar-refractivity contribution < 1.29 is 9.53 Å². The number of amides is 1. The first-order valence-electron chi connectivity index (χ1n) is 7.86. The van der Waals surface area contributed by atoms with Crippen LogP contribution in [0.3, 0.4) is 0 Å². The summed E-state index contributed by atoms with van der Waals surface area (Å²) < 4.78 is 7.68. The van der Waals surface area contributed by atoms with Crippen molar-refractivity contribution in [3.8, 4) is 0 Å². The Hall–Kier alpha value is -1.36. The molecule has 1 aromatic heterocycles. The molecule has 1 aromatic rings. The highest BCUT2D eigenvalue weighted by molar-refractivity contribution is 5.76. The highest BCUT2D eigenvalue weighted by Crippen LogP contribution is 2.15. The van der Waals surface area contributed by atoms with Crippen LogP contribution in [0.25, 0.3) is 0 Å². The van der Waals surface area contributed by atoms with Gasteiger partial charge in [0.25, 0.3) is 0 Å². The molecule has 0 aromatic carbocycles. The zero-order valence-corrected chi connectivity index (χ0v) is 13.6. The van der Waals surface area contributed by atoms with Gasteiger partial charge < -0.3 is 9.64 Å². The van der Waals surface area contributed by atoms with Crippen molar-refractivity contribution in [2.45, 2.75) is 46.1 Å². The minimum Gasteiger partial charge on any atom is -0.376 e. The standard InChI is InChI=1S/C16H27N3O2/c1-12(2)15-11-19(8-5-9-21-15)16(20)7-6-14-10-17-18(4)13(14)3/h10,12,15H,5-9,11H2,1-4H3/t15-/m0/s1. The van der Waals surface area contributed by atoms with Crippen LogP contribution in [0, 0.1) is 12.8 Å². The van der Waals surface area contributed by atoms with Gasteiger partial charge in [-0.05, 0) is 31.2 Å². The van der Waals surface area contributed by atoms with Gasteiger partial charge >= 0.3 is 0 Å².